The number of carboxylic acids is 1. The highest BCUT2D eigenvalue weighted by Crippen LogP contribution is 2.21. The van der Waals surface area contributed by atoms with Crippen molar-refractivity contribution in [3.05, 3.63) is 18.2 Å². The second kappa shape index (κ2) is 23.7. The maximum atomic E-state index is 14.0. The second-order valence-electron chi connectivity index (χ2n) is 14.0. The molecule has 8 amide bonds. The number of aromatic nitrogens is 2. The molecule has 0 saturated carbocycles. The predicted octanol–water partition coefficient (Wildman–Crippen LogP) is -4.29. The predicted molar refractivity (Wildman–Crippen MR) is 204 cm³/mol. The van der Waals surface area contributed by atoms with Crippen molar-refractivity contribution in [1.29, 1.82) is 0 Å². The first-order valence-electron chi connectivity index (χ1n) is 18.3. The zero-order valence-corrected chi connectivity index (χ0v) is 33.0. The molecule has 318 valence electrons. The number of primary amides is 2. The van der Waals surface area contributed by atoms with Gasteiger partial charge in [-0.25, -0.2) is 9.78 Å². The van der Waals surface area contributed by atoms with E-state index in [-0.39, 0.29) is 51.0 Å². The third kappa shape index (κ3) is 16.0. The Morgan fingerprint density at radius 3 is 2.05 bits per heavy atom. The number of likely N-dealkylation sites (tertiary alicyclic amines) is 1. The van der Waals surface area contributed by atoms with Gasteiger partial charge < -0.3 is 63.9 Å². The standard InChI is InChI=1S/C34H55N11O11S/c1-17(2)11-23(34(55)56)43-32(53)25-5-4-9-45(25)33(54)20(8-10-57-3)40-29(50)21(12-18-14-38-16-39-18)42-31(52)24(15-46)44-30(51)22(13-27(37)48)41-28(49)19(35)6-7-26(36)47/h14,16-17,19-25,46H,4-13,15,35H2,1-3H3,(H2,36,47)(H2,37,48)(H,38,39)(H,40,50)(H,41,49)(H,42,52)(H,43,53)(H,44,51)(H,55,56)/t19-,20-,21-,22-,23-,24-,25-/m0/s1. The number of imidazole rings is 1. The average molecular weight is 826 g/mol. The number of aromatic amines is 1. The summed E-state index contributed by atoms with van der Waals surface area (Å²) in [6, 6.07) is -9.41. The van der Waals surface area contributed by atoms with Gasteiger partial charge in [0.2, 0.25) is 47.3 Å². The molecule has 0 bridgehead atoms. The normalized spacial score (nSPS) is 16.9. The van der Waals surface area contributed by atoms with E-state index in [0.29, 0.717) is 17.9 Å². The van der Waals surface area contributed by atoms with Crippen molar-refractivity contribution in [1.82, 2.24) is 41.5 Å². The minimum absolute atomic E-state index is 0.0320. The number of aliphatic hydroxyl groups excluding tert-OH is 1. The average Bonchev–Trinajstić information content (AvgIpc) is 3.85. The Kier molecular flexibility index (Phi) is 19.9. The fraction of sp³-hybridized carbons (Fsp3) is 0.647. The van der Waals surface area contributed by atoms with Gasteiger partial charge in [0.15, 0.2) is 0 Å². The number of nitrogens with two attached hydrogens (primary N) is 3. The Morgan fingerprint density at radius 1 is 0.877 bits per heavy atom. The zero-order valence-electron chi connectivity index (χ0n) is 32.2. The number of amides is 8. The number of nitrogens with zero attached hydrogens (tertiary/aromatic N) is 2. The summed E-state index contributed by atoms with van der Waals surface area (Å²) in [6.07, 6.45) is 4.20. The van der Waals surface area contributed by atoms with E-state index >= 15 is 0 Å². The SMILES string of the molecule is CSCC[C@H](NC(=O)[C@H](Cc1cnc[nH]1)NC(=O)[C@H](CO)NC(=O)[C@H](CC(N)=O)NC(=O)[C@@H](N)CCC(N)=O)C(=O)N1CCC[C@H]1C(=O)N[C@@H](CC(C)C)C(=O)O. The van der Waals surface area contributed by atoms with Gasteiger partial charge in [0, 0.05) is 31.3 Å². The van der Waals surface area contributed by atoms with E-state index < -0.39 is 109 Å². The molecule has 22 nitrogen and oxygen atoms in total. The van der Waals surface area contributed by atoms with Gasteiger partial charge in [-0.05, 0) is 50.0 Å². The molecule has 1 fully saturated rings. The van der Waals surface area contributed by atoms with Crippen LogP contribution in [0.2, 0.25) is 0 Å². The van der Waals surface area contributed by atoms with E-state index in [1.165, 1.54) is 29.2 Å². The summed E-state index contributed by atoms with van der Waals surface area (Å²) in [6.45, 7) is 2.80. The Bertz CT molecular complexity index is 1580. The lowest BCUT2D eigenvalue weighted by Gasteiger charge is -2.30. The van der Waals surface area contributed by atoms with E-state index in [2.05, 4.69) is 36.6 Å². The van der Waals surface area contributed by atoms with E-state index in [1.54, 1.807) is 6.26 Å². The largest absolute Gasteiger partial charge is 0.480 e. The van der Waals surface area contributed by atoms with Crippen molar-refractivity contribution < 1.29 is 53.4 Å². The molecule has 0 aliphatic carbocycles. The lowest BCUT2D eigenvalue weighted by atomic mass is 10.0. The quantitative estimate of drug-likeness (QED) is 0.0445. The summed E-state index contributed by atoms with van der Waals surface area (Å²) in [5.41, 5.74) is 16.5. The molecule has 1 aliphatic rings. The van der Waals surface area contributed by atoms with E-state index in [0.717, 1.165) is 0 Å². The van der Waals surface area contributed by atoms with Gasteiger partial charge in [-0.3, -0.25) is 38.4 Å². The van der Waals surface area contributed by atoms with Gasteiger partial charge in [0.05, 0.1) is 25.4 Å². The van der Waals surface area contributed by atoms with Crippen LogP contribution in [0.4, 0.5) is 0 Å². The van der Waals surface area contributed by atoms with Gasteiger partial charge in [0.25, 0.3) is 0 Å². The van der Waals surface area contributed by atoms with Crippen LogP contribution in [0.15, 0.2) is 12.5 Å². The van der Waals surface area contributed by atoms with Crippen molar-refractivity contribution >= 4 is 65.0 Å². The van der Waals surface area contributed by atoms with Crippen LogP contribution in [0.25, 0.3) is 0 Å². The molecule has 57 heavy (non-hydrogen) atoms. The third-order valence-electron chi connectivity index (χ3n) is 8.89. The first-order valence-corrected chi connectivity index (χ1v) is 19.7. The Morgan fingerprint density at radius 2 is 1.49 bits per heavy atom. The molecule has 1 aliphatic heterocycles. The van der Waals surface area contributed by atoms with Crippen molar-refractivity contribution in [3.8, 4) is 0 Å². The minimum atomic E-state index is -1.73. The Hall–Kier alpha value is -5.29. The third-order valence-corrected chi connectivity index (χ3v) is 9.53. The smallest absolute Gasteiger partial charge is 0.326 e. The van der Waals surface area contributed by atoms with Crippen LogP contribution in [-0.2, 0) is 49.6 Å². The Labute approximate surface area is 333 Å². The second-order valence-corrected chi connectivity index (χ2v) is 15.0. The van der Waals surface area contributed by atoms with Gasteiger partial charge in [-0.1, -0.05) is 13.8 Å². The molecular formula is C34H55N11O11S. The van der Waals surface area contributed by atoms with Crippen LogP contribution >= 0.6 is 11.8 Å². The summed E-state index contributed by atoms with van der Waals surface area (Å²) in [4.78, 5) is 123. The molecule has 1 aromatic heterocycles. The van der Waals surface area contributed by atoms with Gasteiger partial charge >= 0.3 is 5.97 Å². The van der Waals surface area contributed by atoms with Crippen LogP contribution < -0.4 is 43.8 Å². The molecule has 2 rings (SSSR count). The summed E-state index contributed by atoms with van der Waals surface area (Å²) >= 11 is 1.39. The molecule has 0 spiro atoms. The molecule has 0 unspecified atom stereocenters. The monoisotopic (exact) mass is 825 g/mol. The number of carbonyl (C=O) groups excluding carboxylic acids is 8. The van der Waals surface area contributed by atoms with E-state index in [9.17, 15) is 53.4 Å². The molecule has 14 N–H and O–H groups in total. The molecule has 23 heteroatoms. The van der Waals surface area contributed by atoms with Crippen LogP contribution in [0.5, 0.6) is 0 Å². The topological polar surface area (TPSA) is 364 Å². The molecule has 7 atom stereocenters. The lowest BCUT2D eigenvalue weighted by molar-refractivity contribution is -0.145. The minimum Gasteiger partial charge on any atom is -0.480 e. The highest BCUT2D eigenvalue weighted by Gasteiger charge is 2.40. The van der Waals surface area contributed by atoms with Crippen molar-refractivity contribution in [2.24, 2.45) is 23.1 Å². The number of hydrogen-bond acceptors (Lipinski definition) is 13. The molecule has 1 aromatic rings. The van der Waals surface area contributed by atoms with Gasteiger partial charge in [-0.15, -0.1) is 0 Å². The van der Waals surface area contributed by atoms with Gasteiger partial charge in [-0.2, -0.15) is 11.8 Å². The molecule has 0 aromatic carbocycles. The summed E-state index contributed by atoms with van der Waals surface area (Å²) in [5.74, 6) is -7.73. The molecule has 0 radical (unpaired) electrons. The fourth-order valence-electron chi connectivity index (χ4n) is 5.91. The molecular weight excluding hydrogens is 771 g/mol. The first-order chi connectivity index (χ1) is 26.9. The molecule has 1 saturated heterocycles. The zero-order chi connectivity index (χ0) is 42.8. The fourth-order valence-corrected chi connectivity index (χ4v) is 6.38. The maximum absolute atomic E-state index is 14.0. The summed E-state index contributed by atoms with van der Waals surface area (Å²) in [5, 5.41) is 31.8. The maximum Gasteiger partial charge on any atom is 0.326 e. The van der Waals surface area contributed by atoms with Crippen molar-refractivity contribution in [2.75, 3.05) is 25.2 Å². The van der Waals surface area contributed by atoms with Crippen LogP contribution in [-0.4, -0.2) is 146 Å². The van der Waals surface area contributed by atoms with Crippen LogP contribution in [0.3, 0.4) is 0 Å². The number of carbonyl (C=O) groups is 9. The van der Waals surface area contributed by atoms with Crippen LogP contribution in [0, 0.1) is 5.92 Å². The number of H-pyrrole nitrogens is 1. The summed E-state index contributed by atoms with van der Waals surface area (Å²) in [7, 11) is 0. The highest BCUT2D eigenvalue weighted by molar-refractivity contribution is 7.98. The van der Waals surface area contributed by atoms with E-state index in [4.69, 9.17) is 17.2 Å². The number of nitrogens with one attached hydrogen (secondary N) is 6. The lowest BCUT2D eigenvalue weighted by Crippen LogP contribution is -2.61. The van der Waals surface area contributed by atoms with Gasteiger partial charge in [0.1, 0.15) is 36.3 Å². The number of rotatable bonds is 25. The van der Waals surface area contributed by atoms with Crippen molar-refractivity contribution in [2.45, 2.75) is 108 Å². The van der Waals surface area contributed by atoms with Crippen molar-refractivity contribution in [3.63, 3.8) is 0 Å². The van der Waals surface area contributed by atoms with Crippen LogP contribution in [0.1, 0.15) is 64.5 Å². The first kappa shape index (κ1) is 47.9. The number of thioether (sulfide) groups is 1. The molecule has 2 heterocycles. The highest BCUT2D eigenvalue weighted by atomic mass is 32.2. The number of aliphatic hydroxyl groups is 1. The Balaban J connectivity index is 2.27. The number of hydrogen-bond donors (Lipinski definition) is 11. The summed E-state index contributed by atoms with van der Waals surface area (Å²) < 4.78 is 0. The number of carboxylic acid groups (broad SMARTS) is 1. The van der Waals surface area contributed by atoms with E-state index in [1.807, 2.05) is 13.8 Å². The number of aliphatic carboxylic acids is 1.